The van der Waals surface area contributed by atoms with Crippen LogP contribution in [-0.2, 0) is 0 Å². The van der Waals surface area contributed by atoms with Crippen LogP contribution in [0.3, 0.4) is 0 Å². The van der Waals surface area contributed by atoms with Crippen molar-refractivity contribution in [3.05, 3.63) is 35.9 Å². The maximum absolute atomic E-state index is 8.58. The normalized spacial score (nSPS) is 15.8. The van der Waals surface area contributed by atoms with Crippen molar-refractivity contribution < 1.29 is 5.21 Å². The lowest BCUT2D eigenvalue weighted by molar-refractivity contribution is 0.314. The molecule has 0 aliphatic carbocycles. The molecule has 0 aliphatic rings. The minimum atomic E-state index is -0.143. The van der Waals surface area contributed by atoms with Crippen LogP contribution in [0.4, 0.5) is 0 Å². The van der Waals surface area contributed by atoms with Crippen molar-refractivity contribution in [2.45, 2.75) is 32.4 Å². The predicted octanol–water partition coefficient (Wildman–Crippen LogP) is 1.86. The molecule has 4 heteroatoms. The van der Waals surface area contributed by atoms with Gasteiger partial charge in [-0.15, -0.1) is 0 Å². The lowest BCUT2D eigenvalue weighted by Gasteiger charge is -2.21. The highest BCUT2D eigenvalue weighted by molar-refractivity contribution is 5.84. The average molecular weight is 221 g/mol. The van der Waals surface area contributed by atoms with Gasteiger partial charge in [0.1, 0.15) is 0 Å². The van der Waals surface area contributed by atoms with Crippen LogP contribution in [0.15, 0.2) is 35.5 Å². The summed E-state index contributed by atoms with van der Waals surface area (Å²) >= 11 is 0. The van der Waals surface area contributed by atoms with E-state index in [4.69, 9.17) is 10.9 Å². The highest BCUT2D eigenvalue weighted by Gasteiger charge is 2.14. The highest BCUT2D eigenvalue weighted by atomic mass is 16.4. The Morgan fingerprint density at radius 1 is 1.44 bits per heavy atom. The van der Waals surface area contributed by atoms with E-state index in [0.29, 0.717) is 0 Å². The number of rotatable bonds is 5. The van der Waals surface area contributed by atoms with E-state index in [-0.39, 0.29) is 17.9 Å². The molecule has 2 unspecified atom stereocenters. The first-order valence-electron chi connectivity index (χ1n) is 5.47. The van der Waals surface area contributed by atoms with E-state index in [2.05, 4.69) is 29.5 Å². The van der Waals surface area contributed by atoms with Crippen LogP contribution >= 0.6 is 0 Å². The second-order valence-corrected chi connectivity index (χ2v) is 3.78. The molecule has 2 atom stereocenters. The largest absolute Gasteiger partial charge is 0.409 e. The van der Waals surface area contributed by atoms with Gasteiger partial charge in [-0.2, -0.15) is 0 Å². The van der Waals surface area contributed by atoms with Gasteiger partial charge < -0.3 is 16.3 Å². The minimum absolute atomic E-state index is 0.143. The number of nitrogens with zero attached hydrogens (tertiary/aromatic N) is 1. The summed E-state index contributed by atoms with van der Waals surface area (Å²) in [6, 6.07) is 10.2. The van der Waals surface area contributed by atoms with E-state index in [1.807, 2.05) is 25.1 Å². The molecule has 0 saturated carbocycles. The molecule has 0 spiro atoms. The zero-order valence-electron chi connectivity index (χ0n) is 9.72. The Bertz CT molecular complexity index is 337. The number of hydrogen-bond acceptors (Lipinski definition) is 3. The molecule has 1 aromatic carbocycles. The first-order valence-corrected chi connectivity index (χ1v) is 5.47. The first-order chi connectivity index (χ1) is 7.69. The Labute approximate surface area is 96.2 Å². The molecule has 88 valence electrons. The second kappa shape index (κ2) is 6.12. The molecule has 0 heterocycles. The van der Waals surface area contributed by atoms with E-state index in [1.165, 1.54) is 5.56 Å². The lowest BCUT2D eigenvalue weighted by atomic mass is 10.0. The van der Waals surface area contributed by atoms with Gasteiger partial charge in [-0.25, -0.2) is 0 Å². The summed E-state index contributed by atoms with van der Waals surface area (Å²) in [6.07, 6.45) is 0.951. The molecule has 0 aliphatic heterocycles. The van der Waals surface area contributed by atoms with Crippen LogP contribution in [0.2, 0.25) is 0 Å². The summed E-state index contributed by atoms with van der Waals surface area (Å²) in [4.78, 5) is 0. The highest BCUT2D eigenvalue weighted by Crippen LogP contribution is 2.16. The molecule has 1 rings (SSSR count). The van der Waals surface area contributed by atoms with E-state index in [0.717, 1.165) is 6.42 Å². The summed E-state index contributed by atoms with van der Waals surface area (Å²) in [5.41, 5.74) is 6.75. The maximum Gasteiger partial charge on any atom is 0.156 e. The third-order valence-electron chi connectivity index (χ3n) is 2.62. The third-order valence-corrected chi connectivity index (χ3v) is 2.62. The van der Waals surface area contributed by atoms with Crippen LogP contribution in [0, 0.1) is 0 Å². The van der Waals surface area contributed by atoms with E-state index in [1.54, 1.807) is 0 Å². The van der Waals surface area contributed by atoms with Gasteiger partial charge in [-0.05, 0) is 18.9 Å². The SMILES string of the molecule is CCC(NC(C)C(N)=NO)c1ccccc1. The first kappa shape index (κ1) is 12.5. The van der Waals surface area contributed by atoms with Gasteiger partial charge in [0, 0.05) is 6.04 Å². The molecule has 0 saturated heterocycles. The van der Waals surface area contributed by atoms with Gasteiger partial charge >= 0.3 is 0 Å². The van der Waals surface area contributed by atoms with Crippen LogP contribution in [0.5, 0.6) is 0 Å². The Morgan fingerprint density at radius 2 is 2.06 bits per heavy atom. The van der Waals surface area contributed by atoms with Crippen molar-refractivity contribution in [2.24, 2.45) is 10.9 Å². The fourth-order valence-electron chi connectivity index (χ4n) is 1.61. The molecular weight excluding hydrogens is 202 g/mol. The quantitative estimate of drug-likeness (QED) is 0.307. The van der Waals surface area contributed by atoms with E-state index >= 15 is 0 Å². The predicted molar refractivity (Wildman–Crippen MR) is 65.5 cm³/mol. The summed E-state index contributed by atoms with van der Waals surface area (Å²) in [5, 5.41) is 14.9. The number of nitrogens with two attached hydrogens (primary N) is 1. The van der Waals surface area contributed by atoms with Gasteiger partial charge in [0.05, 0.1) is 6.04 Å². The molecular formula is C12H19N3O. The molecule has 16 heavy (non-hydrogen) atoms. The van der Waals surface area contributed by atoms with Crippen molar-refractivity contribution in [3.8, 4) is 0 Å². The minimum Gasteiger partial charge on any atom is -0.409 e. The van der Waals surface area contributed by atoms with E-state index < -0.39 is 0 Å². The zero-order chi connectivity index (χ0) is 12.0. The fourth-order valence-corrected chi connectivity index (χ4v) is 1.61. The van der Waals surface area contributed by atoms with Crippen molar-refractivity contribution in [1.82, 2.24) is 5.32 Å². The average Bonchev–Trinajstić information content (AvgIpc) is 2.35. The summed E-state index contributed by atoms with van der Waals surface area (Å²) in [5.74, 6) is 0.203. The van der Waals surface area contributed by atoms with Crippen LogP contribution in [0.1, 0.15) is 31.9 Å². The number of hydrogen-bond donors (Lipinski definition) is 3. The molecule has 4 N–H and O–H groups in total. The van der Waals surface area contributed by atoms with Crippen molar-refractivity contribution >= 4 is 5.84 Å². The van der Waals surface area contributed by atoms with Crippen molar-refractivity contribution in [1.29, 1.82) is 0 Å². The second-order valence-electron chi connectivity index (χ2n) is 3.78. The van der Waals surface area contributed by atoms with Crippen LogP contribution in [0.25, 0.3) is 0 Å². The van der Waals surface area contributed by atoms with Crippen LogP contribution in [-0.4, -0.2) is 17.1 Å². The van der Waals surface area contributed by atoms with Crippen molar-refractivity contribution in [3.63, 3.8) is 0 Å². The Balaban J connectivity index is 2.70. The summed E-state index contributed by atoms with van der Waals surface area (Å²) in [7, 11) is 0. The molecule has 1 aromatic rings. The number of benzene rings is 1. The zero-order valence-corrected chi connectivity index (χ0v) is 9.72. The van der Waals surface area contributed by atoms with Gasteiger partial charge in [-0.1, -0.05) is 42.4 Å². The van der Waals surface area contributed by atoms with E-state index in [9.17, 15) is 0 Å². The standard InChI is InChI=1S/C12H19N3O/c1-3-11(10-7-5-4-6-8-10)14-9(2)12(13)15-16/h4-9,11,14,16H,3H2,1-2H3,(H2,13,15). The van der Waals surface area contributed by atoms with Crippen LogP contribution < -0.4 is 11.1 Å². The van der Waals surface area contributed by atoms with Gasteiger partial charge in [0.15, 0.2) is 5.84 Å². The molecule has 0 bridgehead atoms. The third kappa shape index (κ3) is 3.24. The number of amidine groups is 1. The maximum atomic E-state index is 8.58. The number of oxime groups is 1. The molecule has 0 amide bonds. The molecule has 0 aromatic heterocycles. The van der Waals surface area contributed by atoms with Gasteiger partial charge in [0.2, 0.25) is 0 Å². The summed E-state index contributed by atoms with van der Waals surface area (Å²) < 4.78 is 0. The molecule has 0 fully saturated rings. The van der Waals surface area contributed by atoms with Gasteiger partial charge in [-0.3, -0.25) is 0 Å². The fraction of sp³-hybridized carbons (Fsp3) is 0.417. The lowest BCUT2D eigenvalue weighted by Crippen LogP contribution is -2.40. The van der Waals surface area contributed by atoms with Gasteiger partial charge in [0.25, 0.3) is 0 Å². The smallest absolute Gasteiger partial charge is 0.156 e. The number of nitrogens with one attached hydrogen (secondary N) is 1. The topological polar surface area (TPSA) is 70.6 Å². The van der Waals surface area contributed by atoms with Crippen molar-refractivity contribution in [2.75, 3.05) is 0 Å². The Kier molecular flexibility index (Phi) is 4.79. The Morgan fingerprint density at radius 3 is 2.56 bits per heavy atom. The monoisotopic (exact) mass is 221 g/mol. The summed E-state index contributed by atoms with van der Waals surface area (Å²) in [6.45, 7) is 3.98. The molecule has 4 nitrogen and oxygen atoms in total. The molecule has 0 radical (unpaired) electrons. The Hall–Kier alpha value is -1.55.